The number of Topliss-reactive ketones (excluding diaryl/α,β-unsaturated/α-hetero) is 1. The van der Waals surface area contributed by atoms with Crippen LogP contribution in [0.1, 0.15) is 17.3 Å². The maximum Gasteiger partial charge on any atom is 0.490 e. The first-order valence-electron chi connectivity index (χ1n) is 11.9. The number of carbonyl (C=O) groups is 2. The molecule has 0 radical (unpaired) electrons. The molecule has 0 spiro atoms. The fraction of sp³-hybridized carbons (Fsp3) is 0.400. The number of anilines is 1. The summed E-state index contributed by atoms with van der Waals surface area (Å²) in [6, 6.07) is 6.74. The second-order valence-electron chi connectivity index (χ2n) is 8.52. The SMILES string of the molecule is CC#CCn1c(N2CCNCC2)nc2c1c(=O)n(C)c(=O)n2CC(=O)c1cccc(OC)c1.O=C(O)C(F)(F)F. The average Bonchev–Trinajstić information content (AvgIpc) is 3.32. The van der Waals surface area contributed by atoms with Crippen LogP contribution in [-0.4, -0.2) is 75.0 Å². The van der Waals surface area contributed by atoms with Crippen molar-refractivity contribution in [2.24, 2.45) is 7.05 Å². The van der Waals surface area contributed by atoms with Gasteiger partial charge in [0.15, 0.2) is 16.9 Å². The van der Waals surface area contributed by atoms with E-state index in [9.17, 15) is 27.6 Å². The van der Waals surface area contributed by atoms with Crippen LogP contribution in [0.25, 0.3) is 11.2 Å². The molecule has 3 aromatic rings. The molecule has 0 bridgehead atoms. The minimum atomic E-state index is -5.08. The van der Waals surface area contributed by atoms with Gasteiger partial charge in [-0.1, -0.05) is 18.1 Å². The number of piperazine rings is 1. The highest BCUT2D eigenvalue weighted by Gasteiger charge is 2.38. The summed E-state index contributed by atoms with van der Waals surface area (Å²) in [7, 11) is 2.93. The maximum atomic E-state index is 13.1. The molecule has 3 heterocycles. The number of carboxylic acid groups (broad SMARTS) is 1. The lowest BCUT2D eigenvalue weighted by atomic mass is 10.1. The number of imidazole rings is 1. The van der Waals surface area contributed by atoms with Crippen LogP contribution in [-0.2, 0) is 24.9 Å². The number of carboxylic acids is 1. The van der Waals surface area contributed by atoms with Crippen molar-refractivity contribution in [3.63, 3.8) is 0 Å². The normalized spacial score (nSPS) is 13.2. The fourth-order valence-corrected chi connectivity index (χ4v) is 3.93. The Bertz CT molecular complexity index is 1590. The zero-order valence-corrected chi connectivity index (χ0v) is 21.9. The van der Waals surface area contributed by atoms with Gasteiger partial charge in [0.1, 0.15) is 5.75 Å². The molecule has 15 heteroatoms. The quantitative estimate of drug-likeness (QED) is 0.329. The van der Waals surface area contributed by atoms with Gasteiger partial charge in [-0.15, -0.1) is 5.92 Å². The Morgan fingerprint density at radius 3 is 2.40 bits per heavy atom. The topological polar surface area (TPSA) is 141 Å². The van der Waals surface area contributed by atoms with Crippen LogP contribution in [0.2, 0.25) is 0 Å². The van der Waals surface area contributed by atoms with Crippen molar-refractivity contribution >= 4 is 28.9 Å². The highest BCUT2D eigenvalue weighted by molar-refractivity contribution is 5.96. The highest BCUT2D eigenvalue weighted by Crippen LogP contribution is 2.21. The number of ketones is 1. The molecule has 214 valence electrons. The van der Waals surface area contributed by atoms with Gasteiger partial charge in [-0.2, -0.15) is 18.2 Å². The third-order valence-electron chi connectivity index (χ3n) is 5.96. The minimum Gasteiger partial charge on any atom is -0.497 e. The molecule has 12 nitrogen and oxygen atoms in total. The second-order valence-corrected chi connectivity index (χ2v) is 8.52. The molecule has 1 fully saturated rings. The smallest absolute Gasteiger partial charge is 0.490 e. The number of nitrogens with zero attached hydrogens (tertiary/aromatic N) is 5. The number of benzene rings is 1. The number of ether oxygens (including phenoxy) is 1. The first-order chi connectivity index (χ1) is 18.9. The molecule has 2 aromatic heterocycles. The number of hydrogen-bond acceptors (Lipinski definition) is 8. The van der Waals surface area contributed by atoms with Crippen molar-refractivity contribution in [1.82, 2.24) is 24.0 Å². The number of hydrogen-bond donors (Lipinski definition) is 2. The number of carbonyl (C=O) groups excluding carboxylic acids is 1. The Labute approximate surface area is 225 Å². The van der Waals surface area contributed by atoms with Crippen LogP contribution >= 0.6 is 0 Å². The maximum absolute atomic E-state index is 13.1. The number of alkyl halides is 3. The van der Waals surface area contributed by atoms with Crippen molar-refractivity contribution in [3.05, 3.63) is 50.7 Å². The first kappa shape index (κ1) is 30.0. The number of fused-ring (bicyclic) bond motifs is 1. The molecule has 0 aliphatic carbocycles. The van der Waals surface area contributed by atoms with E-state index in [1.807, 2.05) is 0 Å². The third-order valence-corrected chi connectivity index (χ3v) is 5.96. The largest absolute Gasteiger partial charge is 0.497 e. The van der Waals surface area contributed by atoms with Crippen molar-refractivity contribution in [1.29, 1.82) is 0 Å². The van der Waals surface area contributed by atoms with E-state index >= 15 is 0 Å². The monoisotopic (exact) mass is 564 g/mol. The van der Waals surface area contributed by atoms with E-state index in [4.69, 9.17) is 19.6 Å². The summed E-state index contributed by atoms with van der Waals surface area (Å²) < 4.78 is 41.0. The summed E-state index contributed by atoms with van der Waals surface area (Å²) in [6.45, 7) is 4.69. The number of aromatic nitrogens is 4. The summed E-state index contributed by atoms with van der Waals surface area (Å²) in [4.78, 5) is 54.9. The number of halogens is 3. The van der Waals surface area contributed by atoms with Crippen LogP contribution in [0.4, 0.5) is 19.1 Å². The summed E-state index contributed by atoms with van der Waals surface area (Å²) in [6.07, 6.45) is -5.08. The summed E-state index contributed by atoms with van der Waals surface area (Å²) in [5, 5.41) is 10.4. The van der Waals surface area contributed by atoms with Crippen LogP contribution in [0.5, 0.6) is 5.75 Å². The van der Waals surface area contributed by atoms with Gasteiger partial charge in [-0.3, -0.25) is 23.3 Å². The molecule has 0 unspecified atom stereocenters. The van der Waals surface area contributed by atoms with Gasteiger partial charge >= 0.3 is 17.8 Å². The van der Waals surface area contributed by atoms with E-state index in [0.717, 1.165) is 17.7 Å². The molecular formula is C25H27F3N6O6. The standard InChI is InChI=1S/C23H26N6O4.C2HF3O2/c1-4-5-11-28-19-20(25-22(28)27-12-9-24-10-13-27)29(23(32)26(2)21(19)31)15-18(30)16-7-6-8-17(14-16)33-3;3-2(4,5)1(6)7/h6-8,14,24H,9-13,15H2,1-3H3;(H,6,7). The van der Waals surface area contributed by atoms with Crippen molar-refractivity contribution in [2.45, 2.75) is 26.2 Å². The van der Waals surface area contributed by atoms with E-state index in [-0.39, 0.29) is 30.0 Å². The third kappa shape index (κ3) is 6.52. The Morgan fingerprint density at radius 1 is 1.18 bits per heavy atom. The molecule has 0 atom stereocenters. The number of methoxy groups -OCH3 is 1. The first-order valence-corrected chi connectivity index (χ1v) is 11.9. The van der Waals surface area contributed by atoms with Gasteiger partial charge in [0, 0.05) is 38.8 Å². The molecule has 1 aromatic carbocycles. The molecule has 0 saturated carbocycles. The molecule has 4 rings (SSSR count). The molecule has 1 saturated heterocycles. The van der Waals surface area contributed by atoms with Crippen molar-refractivity contribution in [2.75, 3.05) is 38.2 Å². The number of rotatable bonds is 6. The molecule has 0 amide bonds. The van der Waals surface area contributed by atoms with Gasteiger partial charge in [-0.05, 0) is 19.1 Å². The lowest BCUT2D eigenvalue weighted by molar-refractivity contribution is -0.192. The van der Waals surface area contributed by atoms with Gasteiger partial charge in [0.25, 0.3) is 5.56 Å². The average molecular weight is 565 g/mol. The van der Waals surface area contributed by atoms with Crippen LogP contribution < -0.4 is 26.2 Å². The Morgan fingerprint density at radius 2 is 1.82 bits per heavy atom. The number of aliphatic carboxylic acids is 1. The molecular weight excluding hydrogens is 537 g/mol. The van der Waals surface area contributed by atoms with E-state index in [0.29, 0.717) is 30.4 Å². The lowest BCUT2D eigenvalue weighted by Crippen LogP contribution is -2.44. The van der Waals surface area contributed by atoms with E-state index < -0.39 is 23.4 Å². The minimum absolute atomic E-state index is 0.186. The highest BCUT2D eigenvalue weighted by atomic mass is 19.4. The molecule has 1 aliphatic heterocycles. The summed E-state index contributed by atoms with van der Waals surface area (Å²) in [5.74, 6) is 3.92. The van der Waals surface area contributed by atoms with E-state index in [1.165, 1.54) is 18.7 Å². The zero-order valence-electron chi connectivity index (χ0n) is 21.9. The molecule has 1 aliphatic rings. The predicted octanol–water partition coefficient (Wildman–Crippen LogP) is 0.854. The Kier molecular flexibility index (Phi) is 9.38. The Balaban J connectivity index is 0.000000559. The Hall–Kier alpha value is -4.58. The van der Waals surface area contributed by atoms with Crippen LogP contribution in [0.3, 0.4) is 0 Å². The molecule has 40 heavy (non-hydrogen) atoms. The van der Waals surface area contributed by atoms with Gasteiger partial charge in [0.2, 0.25) is 5.95 Å². The van der Waals surface area contributed by atoms with Crippen LogP contribution in [0, 0.1) is 11.8 Å². The zero-order chi connectivity index (χ0) is 29.6. The summed E-state index contributed by atoms with van der Waals surface area (Å²) >= 11 is 0. The van der Waals surface area contributed by atoms with E-state index in [2.05, 4.69) is 22.1 Å². The van der Waals surface area contributed by atoms with Crippen LogP contribution in [0.15, 0.2) is 33.9 Å². The van der Waals surface area contributed by atoms with Gasteiger partial charge in [0.05, 0.1) is 20.2 Å². The number of nitrogens with one attached hydrogen (secondary N) is 1. The molecule has 2 N–H and O–H groups in total. The second kappa shape index (κ2) is 12.5. The van der Waals surface area contributed by atoms with Crippen molar-refractivity contribution < 1.29 is 32.6 Å². The predicted molar refractivity (Wildman–Crippen MR) is 139 cm³/mol. The van der Waals surface area contributed by atoms with Gasteiger partial charge in [-0.25, -0.2) is 9.59 Å². The van der Waals surface area contributed by atoms with Gasteiger partial charge < -0.3 is 20.1 Å². The fourth-order valence-electron chi connectivity index (χ4n) is 3.93. The van der Waals surface area contributed by atoms with Crippen molar-refractivity contribution in [3.8, 4) is 17.6 Å². The van der Waals surface area contributed by atoms with E-state index in [1.54, 1.807) is 35.8 Å². The lowest BCUT2D eigenvalue weighted by Gasteiger charge is -2.28. The summed E-state index contributed by atoms with van der Waals surface area (Å²) in [5.41, 5.74) is -0.215.